The van der Waals surface area contributed by atoms with Crippen LogP contribution in [-0.4, -0.2) is 76.8 Å². The molecule has 2 amide bonds. The van der Waals surface area contributed by atoms with Crippen LogP contribution >= 0.6 is 34.3 Å². The maximum Gasteiger partial charge on any atom is 0.418 e. The van der Waals surface area contributed by atoms with Crippen LogP contribution in [0.3, 0.4) is 0 Å². The molecule has 0 N–H and O–H groups in total. The van der Waals surface area contributed by atoms with Gasteiger partial charge in [-0.3, -0.25) is 14.5 Å². The van der Waals surface area contributed by atoms with Gasteiger partial charge in [-0.2, -0.15) is 13.2 Å². The Balaban J connectivity index is 1.24. The molecule has 33 heavy (non-hydrogen) atoms. The molecule has 174 valence electrons. The van der Waals surface area contributed by atoms with Gasteiger partial charge in [-0.15, -0.1) is 22.7 Å². The predicted octanol–water partition coefficient (Wildman–Crippen LogP) is 4.31. The molecule has 3 aromatic rings. The maximum absolute atomic E-state index is 13.8. The lowest BCUT2D eigenvalue weighted by Gasteiger charge is -2.48. The highest BCUT2D eigenvalue weighted by Crippen LogP contribution is 2.43. The second-order valence-corrected chi connectivity index (χ2v) is 10.2. The highest BCUT2D eigenvalue weighted by molar-refractivity contribution is 7.21. The zero-order valence-corrected chi connectivity index (χ0v) is 19.5. The third-order valence-corrected chi connectivity index (χ3v) is 8.01. The molecule has 0 saturated carbocycles. The minimum Gasteiger partial charge on any atom is -0.335 e. The topological polar surface area (TPSA) is 56.8 Å². The molecule has 0 atom stereocenters. The summed E-state index contributed by atoms with van der Waals surface area (Å²) < 4.78 is 41.7. The smallest absolute Gasteiger partial charge is 0.335 e. The van der Waals surface area contributed by atoms with E-state index in [1.807, 2.05) is 0 Å². The Labute approximate surface area is 200 Å². The molecule has 12 heteroatoms. The first-order chi connectivity index (χ1) is 15.7. The number of nitrogens with zero attached hydrogens (tertiary/aromatic N) is 4. The monoisotopic (exact) mass is 514 g/mol. The molecule has 0 radical (unpaired) electrons. The number of rotatable bonds is 3. The Hall–Kier alpha value is -2.21. The summed E-state index contributed by atoms with van der Waals surface area (Å²) in [6.45, 7) is 3.14. The molecule has 0 bridgehead atoms. The molecule has 4 heterocycles. The SMILES string of the molecule is O=C(c1cscn1)N1CCN(C2CN(C(=O)c3sc4cc(Cl)ccc4c3C(F)(F)F)C2)CC1. The van der Waals surface area contributed by atoms with Crippen molar-refractivity contribution < 1.29 is 22.8 Å². The van der Waals surface area contributed by atoms with Gasteiger partial charge < -0.3 is 9.80 Å². The summed E-state index contributed by atoms with van der Waals surface area (Å²) in [4.78, 5) is 34.6. The Morgan fingerprint density at radius 1 is 1.06 bits per heavy atom. The van der Waals surface area contributed by atoms with Crippen molar-refractivity contribution in [1.82, 2.24) is 19.7 Å². The number of hydrogen-bond donors (Lipinski definition) is 0. The Morgan fingerprint density at radius 2 is 1.79 bits per heavy atom. The first-order valence-electron chi connectivity index (χ1n) is 10.2. The summed E-state index contributed by atoms with van der Waals surface area (Å²) in [5.74, 6) is -0.695. The Kier molecular flexibility index (Phi) is 5.84. The van der Waals surface area contributed by atoms with Gasteiger partial charge in [0.2, 0.25) is 0 Å². The van der Waals surface area contributed by atoms with Crippen LogP contribution in [0.15, 0.2) is 29.1 Å². The molecule has 2 saturated heterocycles. The molecule has 0 aliphatic carbocycles. The summed E-state index contributed by atoms with van der Waals surface area (Å²) in [6, 6.07) is 4.25. The number of piperazine rings is 1. The summed E-state index contributed by atoms with van der Waals surface area (Å²) in [5, 5.41) is 2.05. The van der Waals surface area contributed by atoms with Crippen LogP contribution < -0.4 is 0 Å². The first-order valence-corrected chi connectivity index (χ1v) is 12.4. The van der Waals surface area contributed by atoms with Crippen molar-refractivity contribution in [1.29, 1.82) is 0 Å². The fourth-order valence-corrected chi connectivity index (χ4v) is 6.26. The van der Waals surface area contributed by atoms with Crippen LogP contribution in [-0.2, 0) is 6.18 Å². The van der Waals surface area contributed by atoms with Crippen LogP contribution in [0.2, 0.25) is 5.02 Å². The van der Waals surface area contributed by atoms with E-state index >= 15 is 0 Å². The van der Waals surface area contributed by atoms with Gasteiger partial charge in [0.15, 0.2) is 0 Å². The molecular weight excluding hydrogens is 497 g/mol. The van der Waals surface area contributed by atoms with E-state index in [2.05, 4.69) is 9.88 Å². The minimum absolute atomic E-state index is 0.00164. The lowest BCUT2D eigenvalue weighted by Crippen LogP contribution is -2.64. The van der Waals surface area contributed by atoms with Crippen LogP contribution in [0.4, 0.5) is 13.2 Å². The van der Waals surface area contributed by atoms with Gasteiger partial charge in [-0.05, 0) is 12.1 Å². The maximum atomic E-state index is 13.8. The van der Waals surface area contributed by atoms with E-state index in [-0.39, 0.29) is 22.2 Å². The number of thiophene rings is 1. The van der Waals surface area contributed by atoms with Gasteiger partial charge in [0.25, 0.3) is 11.8 Å². The average molecular weight is 515 g/mol. The van der Waals surface area contributed by atoms with Crippen molar-refractivity contribution in [2.24, 2.45) is 0 Å². The largest absolute Gasteiger partial charge is 0.418 e. The standard InChI is InChI=1S/C21H18ClF3N4O2S2/c22-12-1-2-14-16(7-12)33-18(17(14)21(23,24)25)20(31)29-8-13(9-29)27-3-5-28(6-4-27)19(30)15-10-32-11-26-15/h1-2,7,10-11,13H,3-6,8-9H2. The minimum atomic E-state index is -4.64. The van der Waals surface area contributed by atoms with E-state index in [1.54, 1.807) is 15.8 Å². The lowest BCUT2D eigenvalue weighted by atomic mass is 10.0. The summed E-state index contributed by atoms with van der Waals surface area (Å²) in [5.41, 5.74) is 1.18. The van der Waals surface area contributed by atoms with Gasteiger partial charge in [-0.25, -0.2) is 4.98 Å². The van der Waals surface area contributed by atoms with E-state index < -0.39 is 17.6 Å². The van der Waals surface area contributed by atoms with Gasteiger partial charge in [-0.1, -0.05) is 17.7 Å². The van der Waals surface area contributed by atoms with Crippen molar-refractivity contribution in [2.45, 2.75) is 12.2 Å². The van der Waals surface area contributed by atoms with Crippen LogP contribution in [0.25, 0.3) is 10.1 Å². The highest BCUT2D eigenvalue weighted by Gasteiger charge is 2.43. The van der Waals surface area contributed by atoms with Crippen LogP contribution in [0, 0.1) is 0 Å². The number of carbonyl (C=O) groups is 2. The molecule has 6 nitrogen and oxygen atoms in total. The molecule has 5 rings (SSSR count). The Bertz CT molecular complexity index is 1200. The summed E-state index contributed by atoms with van der Waals surface area (Å²) >= 11 is 8.14. The predicted molar refractivity (Wildman–Crippen MR) is 121 cm³/mol. The van der Waals surface area contributed by atoms with E-state index in [0.717, 1.165) is 11.3 Å². The number of hydrogen-bond acceptors (Lipinski definition) is 6. The molecule has 1 aromatic carbocycles. The van der Waals surface area contributed by atoms with Crippen LogP contribution in [0.5, 0.6) is 0 Å². The van der Waals surface area contributed by atoms with Gasteiger partial charge in [0.05, 0.1) is 11.1 Å². The van der Waals surface area contributed by atoms with Crippen LogP contribution in [0.1, 0.15) is 25.7 Å². The third kappa shape index (κ3) is 4.23. The quantitative estimate of drug-likeness (QED) is 0.522. The molecule has 2 aliphatic heterocycles. The molecule has 2 aromatic heterocycles. The van der Waals surface area contributed by atoms with E-state index in [4.69, 9.17) is 11.6 Å². The van der Waals surface area contributed by atoms with Crippen molar-refractivity contribution in [2.75, 3.05) is 39.3 Å². The second kappa shape index (κ2) is 8.53. The molecular formula is C21H18ClF3N4O2S2. The zero-order valence-electron chi connectivity index (χ0n) is 17.1. The fourth-order valence-electron chi connectivity index (χ4n) is 4.27. The fraction of sp³-hybridized carbons (Fsp3) is 0.381. The number of benzene rings is 1. The molecule has 2 fully saturated rings. The number of halogens is 4. The average Bonchev–Trinajstić information content (AvgIpc) is 3.40. The third-order valence-electron chi connectivity index (χ3n) is 6.05. The second-order valence-electron chi connectivity index (χ2n) is 8.01. The molecule has 2 aliphatic rings. The number of aromatic nitrogens is 1. The normalized spacial score (nSPS) is 18.1. The highest BCUT2D eigenvalue weighted by atomic mass is 35.5. The zero-order chi connectivity index (χ0) is 23.3. The lowest BCUT2D eigenvalue weighted by molar-refractivity contribution is -0.136. The van der Waals surface area contributed by atoms with Gasteiger partial charge in [0, 0.05) is 65.8 Å². The van der Waals surface area contributed by atoms with Crippen molar-refractivity contribution >= 4 is 56.2 Å². The van der Waals surface area contributed by atoms with Crippen molar-refractivity contribution in [3.8, 4) is 0 Å². The van der Waals surface area contributed by atoms with Crippen molar-refractivity contribution in [3.63, 3.8) is 0 Å². The number of thiazole rings is 1. The number of carbonyl (C=O) groups excluding carboxylic acids is 2. The number of likely N-dealkylation sites (tertiary alicyclic amines) is 1. The number of alkyl halides is 3. The summed E-state index contributed by atoms with van der Waals surface area (Å²) in [6.07, 6.45) is -4.64. The first kappa shape index (κ1) is 22.6. The number of amides is 2. The molecule has 0 unspecified atom stereocenters. The molecule has 0 spiro atoms. The van der Waals surface area contributed by atoms with Gasteiger partial charge >= 0.3 is 6.18 Å². The van der Waals surface area contributed by atoms with E-state index in [0.29, 0.717) is 54.7 Å². The van der Waals surface area contributed by atoms with E-state index in [1.165, 1.54) is 34.4 Å². The summed E-state index contributed by atoms with van der Waals surface area (Å²) in [7, 11) is 0. The number of fused-ring (bicyclic) bond motifs is 1. The van der Waals surface area contributed by atoms with E-state index in [9.17, 15) is 22.8 Å². The van der Waals surface area contributed by atoms with Gasteiger partial charge in [0.1, 0.15) is 10.6 Å². The van der Waals surface area contributed by atoms with Crippen molar-refractivity contribution in [3.05, 3.63) is 50.2 Å². The Morgan fingerprint density at radius 3 is 2.42 bits per heavy atom.